The number of esters is 1. The van der Waals surface area contributed by atoms with Crippen LogP contribution in [0.4, 0.5) is 0 Å². The van der Waals surface area contributed by atoms with E-state index in [0.717, 1.165) is 5.56 Å². The number of carbonyl (C=O) groups excluding carboxylic acids is 1. The lowest BCUT2D eigenvalue weighted by atomic mass is 9.89. The van der Waals surface area contributed by atoms with Gasteiger partial charge in [0.1, 0.15) is 6.61 Å². The Bertz CT molecular complexity index is 338. The molecule has 1 N–H and O–H groups in total. The van der Waals surface area contributed by atoms with Crippen LogP contribution in [-0.4, -0.2) is 17.2 Å². The first-order valence-electron chi connectivity index (χ1n) is 5.30. The van der Waals surface area contributed by atoms with E-state index in [1.807, 2.05) is 30.3 Å². The second kappa shape index (κ2) is 5.12. The van der Waals surface area contributed by atoms with Crippen LogP contribution >= 0.6 is 0 Å². The summed E-state index contributed by atoms with van der Waals surface area (Å²) in [5, 5.41) is 9.66. The van der Waals surface area contributed by atoms with Crippen molar-refractivity contribution in [2.24, 2.45) is 5.41 Å². The molecule has 0 fully saturated rings. The molecule has 1 aromatic rings. The van der Waals surface area contributed by atoms with Gasteiger partial charge < -0.3 is 9.84 Å². The third-order valence-corrected chi connectivity index (χ3v) is 2.27. The van der Waals surface area contributed by atoms with Gasteiger partial charge in [-0.1, -0.05) is 51.1 Å². The van der Waals surface area contributed by atoms with Gasteiger partial charge in [0, 0.05) is 0 Å². The average Bonchev–Trinajstić information content (AvgIpc) is 2.25. The maximum absolute atomic E-state index is 11.5. The summed E-state index contributed by atoms with van der Waals surface area (Å²) < 4.78 is 5.03. The van der Waals surface area contributed by atoms with E-state index in [0.29, 0.717) is 0 Å². The Labute approximate surface area is 96.1 Å². The topological polar surface area (TPSA) is 46.5 Å². The van der Waals surface area contributed by atoms with Crippen LogP contribution in [0.15, 0.2) is 30.3 Å². The molecule has 0 saturated heterocycles. The smallest absolute Gasteiger partial charge is 0.335 e. The molecule has 0 aromatic heterocycles. The molecule has 3 heteroatoms. The van der Waals surface area contributed by atoms with Crippen LogP contribution in [-0.2, 0) is 16.1 Å². The van der Waals surface area contributed by atoms with Crippen molar-refractivity contribution < 1.29 is 14.6 Å². The van der Waals surface area contributed by atoms with Gasteiger partial charge in [-0.3, -0.25) is 0 Å². The number of hydrogen-bond acceptors (Lipinski definition) is 3. The van der Waals surface area contributed by atoms with Crippen molar-refractivity contribution in [2.75, 3.05) is 0 Å². The molecule has 0 amide bonds. The Morgan fingerprint density at radius 2 is 1.88 bits per heavy atom. The van der Waals surface area contributed by atoms with Crippen molar-refractivity contribution in [3.05, 3.63) is 35.9 Å². The van der Waals surface area contributed by atoms with Crippen LogP contribution in [0.1, 0.15) is 26.3 Å². The van der Waals surface area contributed by atoms with Gasteiger partial charge >= 0.3 is 5.97 Å². The summed E-state index contributed by atoms with van der Waals surface area (Å²) in [6.07, 6.45) is -1.09. The number of rotatable bonds is 3. The molecular formula is C13H18O3. The summed E-state index contributed by atoms with van der Waals surface area (Å²) in [5.41, 5.74) is 0.422. The van der Waals surface area contributed by atoms with E-state index < -0.39 is 17.5 Å². The van der Waals surface area contributed by atoms with Crippen molar-refractivity contribution >= 4 is 5.97 Å². The van der Waals surface area contributed by atoms with E-state index in [1.54, 1.807) is 20.8 Å². The Kier molecular flexibility index (Phi) is 4.07. The van der Waals surface area contributed by atoms with Crippen molar-refractivity contribution in [3.63, 3.8) is 0 Å². The Morgan fingerprint density at radius 3 is 2.38 bits per heavy atom. The number of carbonyl (C=O) groups is 1. The van der Waals surface area contributed by atoms with E-state index in [-0.39, 0.29) is 6.61 Å². The summed E-state index contributed by atoms with van der Waals surface area (Å²) in [4.78, 5) is 11.5. The van der Waals surface area contributed by atoms with Crippen molar-refractivity contribution in [2.45, 2.75) is 33.5 Å². The van der Waals surface area contributed by atoms with E-state index in [4.69, 9.17) is 4.74 Å². The van der Waals surface area contributed by atoms with E-state index in [9.17, 15) is 9.90 Å². The van der Waals surface area contributed by atoms with Crippen LogP contribution in [0.2, 0.25) is 0 Å². The van der Waals surface area contributed by atoms with Crippen LogP contribution in [0.25, 0.3) is 0 Å². The molecule has 0 aliphatic heterocycles. The van der Waals surface area contributed by atoms with Gasteiger partial charge in [0.25, 0.3) is 0 Å². The lowest BCUT2D eigenvalue weighted by Gasteiger charge is -2.23. The summed E-state index contributed by atoms with van der Waals surface area (Å²) in [6, 6.07) is 9.40. The summed E-state index contributed by atoms with van der Waals surface area (Å²) in [6.45, 7) is 5.58. The van der Waals surface area contributed by atoms with E-state index >= 15 is 0 Å². The predicted molar refractivity (Wildman–Crippen MR) is 61.7 cm³/mol. The standard InChI is InChI=1S/C13H18O3/c1-13(2,3)11(14)12(15)16-9-10-7-5-4-6-8-10/h4-8,11,14H,9H2,1-3H3. The SMILES string of the molecule is CC(C)(C)C(O)C(=O)OCc1ccccc1. The number of aliphatic hydroxyl groups excluding tert-OH is 1. The van der Waals surface area contributed by atoms with Gasteiger partial charge in [-0.15, -0.1) is 0 Å². The average molecular weight is 222 g/mol. The minimum atomic E-state index is -1.09. The maximum atomic E-state index is 11.5. The van der Waals surface area contributed by atoms with Crippen LogP contribution in [0.5, 0.6) is 0 Å². The molecule has 88 valence electrons. The number of ether oxygens (including phenoxy) is 1. The van der Waals surface area contributed by atoms with Gasteiger partial charge in [0.05, 0.1) is 0 Å². The van der Waals surface area contributed by atoms with E-state index in [2.05, 4.69) is 0 Å². The molecule has 0 spiro atoms. The third kappa shape index (κ3) is 3.66. The highest BCUT2D eigenvalue weighted by atomic mass is 16.5. The predicted octanol–water partition coefficient (Wildman–Crippen LogP) is 2.14. The van der Waals surface area contributed by atoms with Gasteiger partial charge in [0.15, 0.2) is 6.10 Å². The molecule has 0 aliphatic rings. The highest BCUT2D eigenvalue weighted by molar-refractivity contribution is 5.75. The van der Waals surface area contributed by atoms with Crippen molar-refractivity contribution in [1.82, 2.24) is 0 Å². The summed E-state index contributed by atoms with van der Waals surface area (Å²) in [7, 11) is 0. The minimum Gasteiger partial charge on any atom is -0.459 e. The molecular weight excluding hydrogens is 204 g/mol. The molecule has 0 heterocycles. The zero-order chi connectivity index (χ0) is 12.2. The molecule has 0 bridgehead atoms. The highest BCUT2D eigenvalue weighted by Gasteiger charge is 2.30. The fraction of sp³-hybridized carbons (Fsp3) is 0.462. The minimum absolute atomic E-state index is 0.201. The third-order valence-electron chi connectivity index (χ3n) is 2.27. The summed E-state index contributed by atoms with van der Waals surface area (Å²) in [5.74, 6) is -0.573. The molecule has 0 saturated carbocycles. The summed E-state index contributed by atoms with van der Waals surface area (Å²) >= 11 is 0. The molecule has 0 radical (unpaired) electrons. The molecule has 1 unspecified atom stereocenters. The van der Waals surface area contributed by atoms with Crippen LogP contribution in [0.3, 0.4) is 0 Å². The molecule has 1 atom stereocenters. The second-order valence-corrected chi connectivity index (χ2v) is 4.86. The second-order valence-electron chi connectivity index (χ2n) is 4.86. The fourth-order valence-electron chi connectivity index (χ4n) is 1.16. The largest absolute Gasteiger partial charge is 0.459 e. The monoisotopic (exact) mass is 222 g/mol. The molecule has 16 heavy (non-hydrogen) atoms. The van der Waals surface area contributed by atoms with Gasteiger partial charge in [0.2, 0.25) is 0 Å². The highest BCUT2D eigenvalue weighted by Crippen LogP contribution is 2.20. The molecule has 1 aromatic carbocycles. The van der Waals surface area contributed by atoms with Gasteiger partial charge in [-0.2, -0.15) is 0 Å². The van der Waals surface area contributed by atoms with Crippen LogP contribution in [0, 0.1) is 5.41 Å². The van der Waals surface area contributed by atoms with Crippen LogP contribution < -0.4 is 0 Å². The quantitative estimate of drug-likeness (QED) is 0.797. The Balaban J connectivity index is 2.48. The Hall–Kier alpha value is -1.35. The van der Waals surface area contributed by atoms with Crippen molar-refractivity contribution in [3.8, 4) is 0 Å². The first-order chi connectivity index (χ1) is 7.41. The zero-order valence-electron chi connectivity index (χ0n) is 9.93. The molecule has 3 nitrogen and oxygen atoms in total. The lowest BCUT2D eigenvalue weighted by molar-refractivity contribution is -0.160. The fourth-order valence-corrected chi connectivity index (χ4v) is 1.16. The zero-order valence-corrected chi connectivity index (χ0v) is 9.93. The first kappa shape index (κ1) is 12.7. The van der Waals surface area contributed by atoms with Crippen molar-refractivity contribution in [1.29, 1.82) is 0 Å². The molecule has 0 aliphatic carbocycles. The maximum Gasteiger partial charge on any atom is 0.335 e. The molecule has 1 rings (SSSR count). The van der Waals surface area contributed by atoms with E-state index in [1.165, 1.54) is 0 Å². The Morgan fingerprint density at radius 1 is 1.31 bits per heavy atom. The van der Waals surface area contributed by atoms with Gasteiger partial charge in [-0.25, -0.2) is 4.79 Å². The number of aliphatic hydroxyl groups is 1. The lowest BCUT2D eigenvalue weighted by Crippen LogP contribution is -2.35. The normalized spacial score (nSPS) is 13.2. The van der Waals surface area contributed by atoms with Gasteiger partial charge in [-0.05, 0) is 11.0 Å². The first-order valence-corrected chi connectivity index (χ1v) is 5.30. The number of hydrogen-bond donors (Lipinski definition) is 1. The number of benzene rings is 1.